The quantitative estimate of drug-likeness (QED) is 0.876. The van der Waals surface area contributed by atoms with E-state index in [0.29, 0.717) is 6.10 Å². The molecule has 0 spiro atoms. The van der Waals surface area contributed by atoms with Gasteiger partial charge in [-0.15, -0.1) is 11.3 Å². The van der Waals surface area contributed by atoms with Crippen LogP contribution in [0.1, 0.15) is 53.5 Å². The van der Waals surface area contributed by atoms with Crippen LogP contribution in [0.15, 0.2) is 42.5 Å². The predicted octanol–water partition coefficient (Wildman–Crippen LogP) is 4.47. The molecule has 25 heavy (non-hydrogen) atoms. The van der Waals surface area contributed by atoms with Crippen LogP contribution in [0.2, 0.25) is 0 Å². The van der Waals surface area contributed by atoms with Gasteiger partial charge in [-0.25, -0.2) is 0 Å². The molecule has 2 aliphatic rings. The van der Waals surface area contributed by atoms with Gasteiger partial charge in [0.2, 0.25) is 0 Å². The van der Waals surface area contributed by atoms with Gasteiger partial charge in [-0.1, -0.05) is 30.3 Å². The van der Waals surface area contributed by atoms with E-state index in [1.807, 2.05) is 41.7 Å². The Bertz CT molecular complexity index is 670. The zero-order chi connectivity index (χ0) is 17.1. The lowest BCUT2D eigenvalue weighted by atomic mass is 9.84. The first-order chi connectivity index (χ1) is 12.2. The van der Waals surface area contributed by atoms with Gasteiger partial charge in [-0.3, -0.25) is 4.90 Å². The molecule has 3 nitrogen and oxygen atoms in total. The molecule has 2 saturated heterocycles. The van der Waals surface area contributed by atoms with Gasteiger partial charge in [0.15, 0.2) is 0 Å². The minimum atomic E-state index is -0.658. The van der Waals surface area contributed by atoms with Gasteiger partial charge in [-0.2, -0.15) is 0 Å². The highest BCUT2D eigenvalue weighted by Gasteiger charge is 2.33. The van der Waals surface area contributed by atoms with Gasteiger partial charge in [0.05, 0.1) is 11.7 Å². The van der Waals surface area contributed by atoms with Crippen molar-refractivity contribution in [3.63, 3.8) is 0 Å². The average Bonchev–Trinajstić information content (AvgIpc) is 3.14. The van der Waals surface area contributed by atoms with Gasteiger partial charge in [0, 0.05) is 36.0 Å². The standard InChI is InChI=1S/C21H27NO2S/c23-21(17-6-2-1-3-7-17)11-13-22(14-12-21)16-18-9-10-20(25-18)19-8-4-5-15-24-19/h1-3,6-7,9-10,19,23H,4-5,8,11-16H2/t19-/m1/s1. The van der Waals surface area contributed by atoms with Crippen LogP contribution in [-0.2, 0) is 16.9 Å². The Balaban J connectivity index is 1.34. The van der Waals surface area contributed by atoms with Crippen LogP contribution in [0.4, 0.5) is 0 Å². The molecule has 1 aromatic heterocycles. The summed E-state index contributed by atoms with van der Waals surface area (Å²) in [6, 6.07) is 14.6. The summed E-state index contributed by atoms with van der Waals surface area (Å²) < 4.78 is 5.91. The molecule has 4 rings (SSSR count). The van der Waals surface area contributed by atoms with E-state index >= 15 is 0 Å². The molecule has 2 aromatic rings. The number of nitrogens with zero attached hydrogens (tertiary/aromatic N) is 1. The third kappa shape index (κ3) is 3.98. The number of piperidine rings is 1. The van der Waals surface area contributed by atoms with Crippen LogP contribution in [0.3, 0.4) is 0 Å². The molecule has 3 heterocycles. The molecule has 2 fully saturated rings. The van der Waals surface area contributed by atoms with Crippen LogP contribution in [-0.4, -0.2) is 29.7 Å². The van der Waals surface area contributed by atoms with E-state index in [0.717, 1.165) is 51.1 Å². The SMILES string of the molecule is OC1(c2ccccc2)CCN(Cc2ccc([C@H]3CCCCO3)s2)CC1. The van der Waals surface area contributed by atoms with Gasteiger partial charge < -0.3 is 9.84 Å². The van der Waals surface area contributed by atoms with E-state index in [1.165, 1.54) is 22.6 Å². The molecule has 0 radical (unpaired) electrons. The van der Waals surface area contributed by atoms with Crippen molar-refractivity contribution >= 4 is 11.3 Å². The van der Waals surface area contributed by atoms with Gasteiger partial charge >= 0.3 is 0 Å². The largest absolute Gasteiger partial charge is 0.385 e. The molecule has 4 heteroatoms. The summed E-state index contributed by atoms with van der Waals surface area (Å²) in [6.07, 6.45) is 5.57. The second kappa shape index (κ2) is 7.58. The number of benzene rings is 1. The topological polar surface area (TPSA) is 32.7 Å². The van der Waals surface area contributed by atoms with Crippen molar-refractivity contribution in [1.29, 1.82) is 0 Å². The third-order valence-corrected chi connectivity index (χ3v) is 6.72. The number of hydrogen-bond acceptors (Lipinski definition) is 4. The van der Waals surface area contributed by atoms with Crippen LogP contribution < -0.4 is 0 Å². The van der Waals surface area contributed by atoms with Crippen LogP contribution >= 0.6 is 11.3 Å². The first-order valence-electron chi connectivity index (χ1n) is 9.43. The highest BCUT2D eigenvalue weighted by Crippen LogP contribution is 2.35. The van der Waals surface area contributed by atoms with Crippen molar-refractivity contribution in [2.24, 2.45) is 0 Å². The fourth-order valence-electron chi connectivity index (χ4n) is 3.96. The summed E-state index contributed by atoms with van der Waals surface area (Å²) in [7, 11) is 0. The lowest BCUT2D eigenvalue weighted by Crippen LogP contribution is -2.42. The van der Waals surface area contributed by atoms with Gasteiger partial charge in [-0.05, 0) is 49.8 Å². The van der Waals surface area contributed by atoms with Crippen LogP contribution in [0, 0.1) is 0 Å². The minimum absolute atomic E-state index is 0.317. The van der Waals surface area contributed by atoms with Crippen LogP contribution in [0.25, 0.3) is 0 Å². The Morgan fingerprint density at radius 2 is 1.88 bits per heavy atom. The molecule has 0 unspecified atom stereocenters. The number of hydrogen-bond donors (Lipinski definition) is 1. The number of ether oxygens (including phenoxy) is 1. The smallest absolute Gasteiger partial charge is 0.0920 e. The Kier molecular flexibility index (Phi) is 5.23. The molecule has 1 aromatic carbocycles. The summed E-state index contributed by atoms with van der Waals surface area (Å²) in [6.45, 7) is 3.78. The Morgan fingerprint density at radius 3 is 2.60 bits per heavy atom. The van der Waals surface area contributed by atoms with Crippen molar-refractivity contribution in [2.45, 2.75) is 50.4 Å². The molecule has 134 valence electrons. The molecule has 1 N–H and O–H groups in total. The summed E-state index contributed by atoms with van der Waals surface area (Å²) >= 11 is 1.90. The molecular formula is C21H27NO2S. The Morgan fingerprint density at radius 1 is 1.08 bits per heavy atom. The highest BCUT2D eigenvalue weighted by molar-refractivity contribution is 7.12. The zero-order valence-electron chi connectivity index (χ0n) is 14.7. The number of aliphatic hydroxyl groups is 1. The summed E-state index contributed by atoms with van der Waals surface area (Å²) in [4.78, 5) is 5.26. The van der Waals surface area contributed by atoms with Crippen molar-refractivity contribution in [3.05, 3.63) is 57.8 Å². The van der Waals surface area contributed by atoms with E-state index < -0.39 is 5.60 Å². The predicted molar refractivity (Wildman–Crippen MR) is 102 cm³/mol. The molecule has 0 saturated carbocycles. The van der Waals surface area contributed by atoms with E-state index in [4.69, 9.17) is 4.74 Å². The Labute approximate surface area is 154 Å². The summed E-state index contributed by atoms with van der Waals surface area (Å²) in [5.41, 5.74) is 0.399. The average molecular weight is 358 g/mol. The van der Waals surface area contributed by atoms with Crippen molar-refractivity contribution < 1.29 is 9.84 Å². The third-order valence-electron chi connectivity index (χ3n) is 5.55. The lowest BCUT2D eigenvalue weighted by molar-refractivity contribution is -0.0275. The van der Waals surface area contributed by atoms with Crippen molar-refractivity contribution in [1.82, 2.24) is 4.90 Å². The van der Waals surface area contributed by atoms with E-state index in [1.54, 1.807) is 0 Å². The van der Waals surface area contributed by atoms with Gasteiger partial charge in [0.25, 0.3) is 0 Å². The molecule has 0 amide bonds. The first kappa shape index (κ1) is 17.2. The van der Waals surface area contributed by atoms with E-state index in [-0.39, 0.29) is 0 Å². The fraction of sp³-hybridized carbons (Fsp3) is 0.524. The molecule has 0 aliphatic carbocycles. The molecule has 2 aliphatic heterocycles. The van der Waals surface area contributed by atoms with Crippen molar-refractivity contribution in [2.75, 3.05) is 19.7 Å². The maximum absolute atomic E-state index is 11.0. The molecular weight excluding hydrogens is 330 g/mol. The highest BCUT2D eigenvalue weighted by atomic mass is 32.1. The maximum atomic E-state index is 11.0. The fourth-order valence-corrected chi connectivity index (χ4v) is 5.10. The number of likely N-dealkylation sites (tertiary alicyclic amines) is 1. The van der Waals surface area contributed by atoms with E-state index in [9.17, 15) is 5.11 Å². The number of rotatable bonds is 4. The Hall–Kier alpha value is -1.20. The second-order valence-electron chi connectivity index (χ2n) is 7.33. The maximum Gasteiger partial charge on any atom is 0.0920 e. The lowest BCUT2D eigenvalue weighted by Gasteiger charge is -2.38. The summed E-state index contributed by atoms with van der Waals surface area (Å²) in [5, 5.41) is 11.0. The first-order valence-corrected chi connectivity index (χ1v) is 10.3. The number of thiophene rings is 1. The molecule has 0 bridgehead atoms. The van der Waals surface area contributed by atoms with Crippen molar-refractivity contribution in [3.8, 4) is 0 Å². The normalized spacial score (nSPS) is 24.3. The van der Waals surface area contributed by atoms with Gasteiger partial charge in [0.1, 0.15) is 0 Å². The second-order valence-corrected chi connectivity index (χ2v) is 8.53. The zero-order valence-corrected chi connectivity index (χ0v) is 15.5. The van der Waals surface area contributed by atoms with Crippen LogP contribution in [0.5, 0.6) is 0 Å². The van der Waals surface area contributed by atoms with E-state index in [2.05, 4.69) is 17.0 Å². The molecule has 1 atom stereocenters. The minimum Gasteiger partial charge on any atom is -0.385 e. The summed E-state index contributed by atoms with van der Waals surface area (Å²) in [5.74, 6) is 0. The monoisotopic (exact) mass is 357 g/mol.